The highest BCUT2D eigenvalue weighted by Crippen LogP contribution is 2.30. The Hall–Kier alpha value is -3.39. The number of hydrogen-bond acceptors (Lipinski definition) is 7. The number of nitrogens with zero attached hydrogens (tertiary/aromatic N) is 3. The molecule has 0 spiro atoms. The van der Waals surface area contributed by atoms with Gasteiger partial charge < -0.3 is 19.3 Å². The Morgan fingerprint density at radius 1 is 1.12 bits per heavy atom. The van der Waals surface area contributed by atoms with Gasteiger partial charge in [0.25, 0.3) is 0 Å². The number of likely N-dealkylation sites (tertiary alicyclic amines) is 1. The molecule has 1 fully saturated rings. The highest BCUT2D eigenvalue weighted by molar-refractivity contribution is 5.79. The van der Waals surface area contributed by atoms with Gasteiger partial charge in [-0.25, -0.2) is 0 Å². The summed E-state index contributed by atoms with van der Waals surface area (Å²) in [6.07, 6.45) is 1.59. The predicted molar refractivity (Wildman–Crippen MR) is 124 cm³/mol. The molecule has 33 heavy (non-hydrogen) atoms. The molecule has 8 nitrogen and oxygen atoms in total. The van der Waals surface area contributed by atoms with Crippen LogP contribution in [0.1, 0.15) is 37.3 Å². The second-order valence-electron chi connectivity index (χ2n) is 8.27. The van der Waals surface area contributed by atoms with Crippen LogP contribution < -0.4 is 14.8 Å². The van der Waals surface area contributed by atoms with E-state index in [1.165, 1.54) is 0 Å². The monoisotopic (exact) mass is 450 g/mol. The first-order valence-electron chi connectivity index (χ1n) is 11.2. The third kappa shape index (κ3) is 5.51. The van der Waals surface area contributed by atoms with Crippen molar-refractivity contribution in [3.63, 3.8) is 0 Å². The number of aromatic nitrogens is 2. The molecule has 1 saturated heterocycles. The van der Waals surface area contributed by atoms with Crippen molar-refractivity contribution in [3.8, 4) is 22.9 Å². The average Bonchev–Trinajstić information content (AvgIpc) is 3.33. The van der Waals surface area contributed by atoms with Crippen LogP contribution >= 0.6 is 0 Å². The van der Waals surface area contributed by atoms with Crippen LogP contribution in [0.15, 0.2) is 53.1 Å². The molecule has 1 aliphatic heterocycles. The van der Waals surface area contributed by atoms with Gasteiger partial charge in [0.1, 0.15) is 0 Å². The van der Waals surface area contributed by atoms with E-state index >= 15 is 0 Å². The minimum atomic E-state index is -0.120. The second kappa shape index (κ2) is 10.5. The minimum Gasteiger partial charge on any atom is -0.493 e. The van der Waals surface area contributed by atoms with Gasteiger partial charge in [-0.05, 0) is 50.6 Å². The summed E-state index contributed by atoms with van der Waals surface area (Å²) in [6, 6.07) is 15.4. The number of nitrogens with one attached hydrogen (secondary N) is 1. The largest absolute Gasteiger partial charge is 0.493 e. The molecular weight excluding hydrogens is 420 g/mol. The van der Waals surface area contributed by atoms with Crippen molar-refractivity contribution in [2.75, 3.05) is 27.3 Å². The maximum absolute atomic E-state index is 12.9. The molecule has 1 atom stereocenters. The zero-order valence-corrected chi connectivity index (χ0v) is 19.3. The van der Waals surface area contributed by atoms with Crippen LogP contribution in [-0.4, -0.2) is 48.3 Å². The second-order valence-corrected chi connectivity index (χ2v) is 8.27. The quantitative estimate of drug-likeness (QED) is 0.558. The Bertz CT molecular complexity index is 1060. The predicted octanol–water partition coefficient (Wildman–Crippen LogP) is 3.84. The fourth-order valence-corrected chi connectivity index (χ4v) is 4.10. The fraction of sp³-hybridized carbons (Fsp3) is 0.400. The van der Waals surface area contributed by atoms with Crippen LogP contribution in [0.5, 0.6) is 11.5 Å². The Labute approximate surface area is 193 Å². The molecule has 2 aromatic carbocycles. The lowest BCUT2D eigenvalue weighted by Gasteiger charge is -2.31. The van der Waals surface area contributed by atoms with E-state index in [1.54, 1.807) is 14.2 Å². The summed E-state index contributed by atoms with van der Waals surface area (Å²) in [5, 5.41) is 7.23. The van der Waals surface area contributed by atoms with Gasteiger partial charge in [-0.1, -0.05) is 41.6 Å². The number of amides is 1. The topological polar surface area (TPSA) is 89.7 Å². The van der Waals surface area contributed by atoms with Crippen molar-refractivity contribution in [2.45, 2.75) is 32.4 Å². The van der Waals surface area contributed by atoms with Gasteiger partial charge >= 0.3 is 0 Å². The highest BCUT2D eigenvalue weighted by atomic mass is 16.5. The summed E-state index contributed by atoms with van der Waals surface area (Å²) < 4.78 is 16.1. The van der Waals surface area contributed by atoms with Crippen molar-refractivity contribution >= 4 is 5.91 Å². The Morgan fingerprint density at radius 3 is 2.55 bits per heavy atom. The molecule has 1 amide bonds. The summed E-state index contributed by atoms with van der Waals surface area (Å²) in [6.45, 7) is 4.20. The number of carbonyl (C=O) groups excluding carboxylic acids is 1. The third-order valence-corrected chi connectivity index (χ3v) is 6.08. The van der Waals surface area contributed by atoms with Gasteiger partial charge in [-0.3, -0.25) is 9.69 Å². The van der Waals surface area contributed by atoms with E-state index < -0.39 is 0 Å². The van der Waals surface area contributed by atoms with Crippen LogP contribution in [0.25, 0.3) is 11.4 Å². The molecule has 0 aliphatic carbocycles. The molecular formula is C25H30N4O4. The lowest BCUT2D eigenvalue weighted by atomic mass is 9.95. The molecule has 0 radical (unpaired) electrons. The van der Waals surface area contributed by atoms with Gasteiger partial charge in [-0.15, -0.1) is 0 Å². The van der Waals surface area contributed by atoms with E-state index in [1.807, 2.05) is 55.5 Å². The average molecular weight is 451 g/mol. The number of carbonyl (C=O) groups is 1. The summed E-state index contributed by atoms with van der Waals surface area (Å²) in [5.74, 6) is 2.60. The van der Waals surface area contributed by atoms with Crippen molar-refractivity contribution in [2.24, 2.45) is 5.92 Å². The summed E-state index contributed by atoms with van der Waals surface area (Å²) in [4.78, 5) is 19.6. The molecule has 0 unspecified atom stereocenters. The number of rotatable bonds is 8. The lowest BCUT2D eigenvalue weighted by Crippen LogP contribution is -2.40. The molecule has 0 saturated carbocycles. The summed E-state index contributed by atoms with van der Waals surface area (Å²) in [5.41, 5.74) is 1.91. The van der Waals surface area contributed by atoms with Gasteiger partial charge in [0.2, 0.25) is 17.6 Å². The molecule has 2 heterocycles. The Morgan fingerprint density at radius 2 is 1.85 bits per heavy atom. The van der Waals surface area contributed by atoms with Gasteiger partial charge in [-0.2, -0.15) is 4.98 Å². The maximum Gasteiger partial charge on any atom is 0.241 e. The van der Waals surface area contributed by atoms with Gasteiger partial charge in [0, 0.05) is 11.5 Å². The zero-order chi connectivity index (χ0) is 23.2. The maximum atomic E-state index is 12.9. The standard InChI is InChI=1S/C25H30N4O4/c1-17(20-9-10-21(31-2)22(15-20)32-3)26-25(30)19-11-13-29(14-12-19)16-23-27-24(28-33-23)18-7-5-4-6-8-18/h4-10,15,17,19H,11-14,16H2,1-3H3,(H,26,30)/t17-/m0/s1. The molecule has 1 aromatic heterocycles. The van der Waals surface area contributed by atoms with E-state index in [-0.39, 0.29) is 17.9 Å². The molecule has 1 aliphatic rings. The van der Waals surface area contributed by atoms with Crippen LogP contribution in [-0.2, 0) is 11.3 Å². The van der Waals surface area contributed by atoms with Crippen LogP contribution in [0.2, 0.25) is 0 Å². The number of hydrogen-bond donors (Lipinski definition) is 1. The van der Waals surface area contributed by atoms with E-state index in [0.29, 0.717) is 29.8 Å². The third-order valence-electron chi connectivity index (χ3n) is 6.08. The molecule has 4 rings (SSSR count). The minimum absolute atomic E-state index is 0.00795. The normalized spacial score (nSPS) is 15.7. The smallest absolute Gasteiger partial charge is 0.241 e. The Balaban J connectivity index is 1.27. The van der Waals surface area contributed by atoms with Gasteiger partial charge in [0.15, 0.2) is 11.5 Å². The summed E-state index contributed by atoms with van der Waals surface area (Å²) in [7, 11) is 3.21. The number of ether oxygens (including phenoxy) is 2. The first kappa shape index (κ1) is 22.8. The van der Waals surface area contributed by atoms with Crippen LogP contribution in [0.4, 0.5) is 0 Å². The zero-order valence-electron chi connectivity index (χ0n) is 19.3. The summed E-state index contributed by atoms with van der Waals surface area (Å²) >= 11 is 0. The van der Waals surface area contributed by atoms with E-state index in [9.17, 15) is 4.79 Å². The van der Waals surface area contributed by atoms with Crippen molar-refractivity contribution < 1.29 is 18.8 Å². The molecule has 174 valence electrons. The fourth-order valence-electron chi connectivity index (χ4n) is 4.10. The highest BCUT2D eigenvalue weighted by Gasteiger charge is 2.27. The van der Waals surface area contributed by atoms with Crippen molar-refractivity contribution in [1.29, 1.82) is 0 Å². The van der Waals surface area contributed by atoms with Crippen molar-refractivity contribution in [3.05, 3.63) is 60.0 Å². The number of benzene rings is 2. The van der Waals surface area contributed by atoms with Crippen LogP contribution in [0, 0.1) is 5.92 Å². The Kier molecular flexibility index (Phi) is 7.24. The van der Waals surface area contributed by atoms with Crippen molar-refractivity contribution in [1.82, 2.24) is 20.4 Å². The first-order chi connectivity index (χ1) is 16.1. The lowest BCUT2D eigenvalue weighted by molar-refractivity contribution is -0.127. The molecule has 1 N–H and O–H groups in total. The molecule has 0 bridgehead atoms. The van der Waals surface area contributed by atoms with E-state index in [4.69, 9.17) is 14.0 Å². The SMILES string of the molecule is COc1ccc([C@H](C)NC(=O)C2CCN(Cc3nc(-c4ccccc4)no3)CC2)cc1OC. The molecule has 8 heteroatoms. The first-order valence-corrected chi connectivity index (χ1v) is 11.2. The van der Waals surface area contributed by atoms with Gasteiger partial charge in [0.05, 0.1) is 26.8 Å². The molecule has 3 aromatic rings. The van der Waals surface area contributed by atoms with Crippen LogP contribution in [0.3, 0.4) is 0 Å². The van der Waals surface area contributed by atoms with E-state index in [2.05, 4.69) is 20.4 Å². The van der Waals surface area contributed by atoms with E-state index in [0.717, 1.165) is 37.1 Å². The number of piperidine rings is 1. The number of methoxy groups -OCH3 is 2.